The molecule has 0 radical (unpaired) electrons. The first-order valence-corrected chi connectivity index (χ1v) is 6.91. The zero-order valence-corrected chi connectivity index (χ0v) is 12.6. The van der Waals surface area contributed by atoms with Crippen LogP contribution in [0, 0.1) is 6.92 Å². The lowest BCUT2D eigenvalue weighted by atomic mass is 10.1. The minimum absolute atomic E-state index is 0.283. The Labute approximate surface area is 130 Å². The van der Waals surface area contributed by atoms with Crippen LogP contribution in [-0.2, 0) is 0 Å². The second kappa shape index (κ2) is 4.85. The van der Waals surface area contributed by atoms with Gasteiger partial charge in [-0.1, -0.05) is 40.9 Å². The van der Waals surface area contributed by atoms with Crippen molar-refractivity contribution in [2.24, 2.45) is 0 Å². The average molecular weight is 328 g/mol. The van der Waals surface area contributed by atoms with E-state index in [0.29, 0.717) is 32.6 Å². The van der Waals surface area contributed by atoms with Gasteiger partial charge in [0.25, 0.3) is 0 Å². The van der Waals surface area contributed by atoms with Crippen molar-refractivity contribution in [2.45, 2.75) is 6.92 Å². The number of anilines is 1. The Morgan fingerprint density at radius 1 is 1.10 bits per heavy atom. The van der Waals surface area contributed by atoms with Crippen LogP contribution in [0.5, 0.6) is 0 Å². The fourth-order valence-corrected chi connectivity index (χ4v) is 2.72. The maximum absolute atomic E-state index is 6.21. The van der Waals surface area contributed by atoms with Crippen molar-refractivity contribution in [2.75, 3.05) is 5.73 Å². The van der Waals surface area contributed by atoms with E-state index in [-0.39, 0.29) is 10.7 Å². The highest BCUT2D eigenvalue weighted by Gasteiger charge is 2.17. The largest absolute Gasteiger partial charge is 0.436 e. The van der Waals surface area contributed by atoms with Crippen molar-refractivity contribution in [3.63, 3.8) is 0 Å². The van der Waals surface area contributed by atoms with Crippen LogP contribution in [0.2, 0.25) is 15.1 Å². The van der Waals surface area contributed by atoms with Crippen LogP contribution in [-0.4, -0.2) is 4.98 Å². The monoisotopic (exact) mass is 326 g/mol. The van der Waals surface area contributed by atoms with E-state index in [1.165, 1.54) is 0 Å². The van der Waals surface area contributed by atoms with Gasteiger partial charge in [-0.15, -0.1) is 0 Å². The van der Waals surface area contributed by atoms with Gasteiger partial charge in [0.15, 0.2) is 5.58 Å². The molecule has 0 spiro atoms. The van der Waals surface area contributed by atoms with E-state index in [1.807, 2.05) is 25.1 Å². The molecular weight excluding hydrogens is 319 g/mol. The molecule has 0 aliphatic heterocycles. The van der Waals surface area contributed by atoms with Gasteiger partial charge in [-0.05, 0) is 24.6 Å². The number of hydrogen-bond donors (Lipinski definition) is 1. The van der Waals surface area contributed by atoms with Crippen LogP contribution in [0.1, 0.15) is 5.56 Å². The number of hydrogen-bond acceptors (Lipinski definition) is 3. The smallest absolute Gasteiger partial charge is 0.228 e. The molecule has 3 aromatic rings. The maximum Gasteiger partial charge on any atom is 0.228 e. The molecule has 1 aromatic heterocycles. The van der Waals surface area contributed by atoms with Gasteiger partial charge >= 0.3 is 0 Å². The molecule has 102 valence electrons. The molecule has 2 aromatic carbocycles. The summed E-state index contributed by atoms with van der Waals surface area (Å²) in [5.41, 5.74) is 8.76. The van der Waals surface area contributed by atoms with Crippen molar-refractivity contribution in [1.29, 1.82) is 0 Å². The number of nitrogens with zero attached hydrogens (tertiary/aromatic N) is 1. The van der Waals surface area contributed by atoms with Crippen molar-refractivity contribution in [3.8, 4) is 11.5 Å². The number of nitrogen functional groups attached to an aromatic ring is 1. The van der Waals surface area contributed by atoms with E-state index in [0.717, 1.165) is 5.56 Å². The van der Waals surface area contributed by atoms with Crippen LogP contribution in [0.4, 0.5) is 5.69 Å². The van der Waals surface area contributed by atoms with Gasteiger partial charge in [-0.25, -0.2) is 4.98 Å². The second-order valence-corrected chi connectivity index (χ2v) is 5.63. The molecule has 20 heavy (non-hydrogen) atoms. The number of aryl methyl sites for hydroxylation is 1. The molecule has 0 fully saturated rings. The number of nitrogens with two attached hydrogens (primary N) is 1. The fraction of sp³-hybridized carbons (Fsp3) is 0.0714. The van der Waals surface area contributed by atoms with Crippen LogP contribution >= 0.6 is 34.8 Å². The highest BCUT2D eigenvalue weighted by Crippen LogP contribution is 2.38. The Bertz CT molecular complexity index is 827. The Balaban J connectivity index is 2.26. The Hall–Kier alpha value is -1.42. The molecule has 2 N–H and O–H groups in total. The molecule has 0 saturated heterocycles. The van der Waals surface area contributed by atoms with Crippen LogP contribution in [0.25, 0.3) is 22.6 Å². The molecule has 1 heterocycles. The zero-order valence-electron chi connectivity index (χ0n) is 10.4. The van der Waals surface area contributed by atoms with Crippen LogP contribution in [0.15, 0.2) is 28.7 Å². The van der Waals surface area contributed by atoms with E-state index in [1.54, 1.807) is 6.07 Å². The third-order valence-electron chi connectivity index (χ3n) is 2.97. The van der Waals surface area contributed by atoms with Gasteiger partial charge in [-0.3, -0.25) is 0 Å². The van der Waals surface area contributed by atoms with Gasteiger partial charge < -0.3 is 10.2 Å². The fourth-order valence-electron chi connectivity index (χ4n) is 1.92. The molecule has 0 amide bonds. The number of benzene rings is 2. The summed E-state index contributed by atoms with van der Waals surface area (Å²) in [6, 6.07) is 7.21. The summed E-state index contributed by atoms with van der Waals surface area (Å²) < 4.78 is 5.67. The first-order chi connectivity index (χ1) is 9.47. The lowest BCUT2D eigenvalue weighted by Crippen LogP contribution is -1.88. The molecule has 0 saturated carbocycles. The summed E-state index contributed by atoms with van der Waals surface area (Å²) in [6.07, 6.45) is 0. The second-order valence-electron chi connectivity index (χ2n) is 4.44. The van der Waals surface area contributed by atoms with Crippen molar-refractivity contribution >= 4 is 51.6 Å². The van der Waals surface area contributed by atoms with Crippen LogP contribution in [0.3, 0.4) is 0 Å². The number of halogens is 3. The van der Waals surface area contributed by atoms with Gasteiger partial charge in [0.2, 0.25) is 5.89 Å². The van der Waals surface area contributed by atoms with E-state index in [9.17, 15) is 0 Å². The Morgan fingerprint density at radius 3 is 2.55 bits per heavy atom. The quantitative estimate of drug-likeness (QED) is 0.613. The molecule has 0 aliphatic rings. The van der Waals surface area contributed by atoms with Crippen molar-refractivity contribution in [1.82, 2.24) is 4.98 Å². The molecular formula is C14H9Cl3N2O. The third-order valence-corrected chi connectivity index (χ3v) is 3.98. The summed E-state index contributed by atoms with van der Waals surface area (Å²) in [4.78, 5) is 4.35. The summed E-state index contributed by atoms with van der Waals surface area (Å²) in [7, 11) is 0. The van der Waals surface area contributed by atoms with Crippen molar-refractivity contribution < 1.29 is 4.42 Å². The van der Waals surface area contributed by atoms with Gasteiger partial charge in [0, 0.05) is 6.07 Å². The standard InChI is InChI=1S/C14H9Cl3N2O/c1-6-2-3-7(8(15)4-6)14-19-13-10(20-14)5-9(16)12(18)11(13)17/h2-5H,18H2,1H3. The first-order valence-electron chi connectivity index (χ1n) is 5.78. The minimum Gasteiger partial charge on any atom is -0.436 e. The topological polar surface area (TPSA) is 52.0 Å². The number of fused-ring (bicyclic) bond motifs is 1. The summed E-state index contributed by atoms with van der Waals surface area (Å²) in [5.74, 6) is 0.383. The number of oxazole rings is 1. The molecule has 0 atom stereocenters. The van der Waals surface area contributed by atoms with Crippen molar-refractivity contribution in [3.05, 3.63) is 44.9 Å². The van der Waals surface area contributed by atoms with Gasteiger partial charge in [0.05, 0.1) is 26.3 Å². The molecule has 6 heteroatoms. The van der Waals surface area contributed by atoms with Crippen LogP contribution < -0.4 is 5.73 Å². The number of aromatic nitrogens is 1. The van der Waals surface area contributed by atoms with Gasteiger partial charge in [-0.2, -0.15) is 0 Å². The zero-order chi connectivity index (χ0) is 14.4. The lowest BCUT2D eigenvalue weighted by Gasteiger charge is -2.00. The summed E-state index contributed by atoms with van der Waals surface area (Å²) >= 11 is 18.3. The average Bonchev–Trinajstić information content (AvgIpc) is 2.80. The maximum atomic E-state index is 6.21. The molecule has 0 aliphatic carbocycles. The van der Waals surface area contributed by atoms with E-state index >= 15 is 0 Å². The summed E-state index contributed by atoms with van der Waals surface area (Å²) in [5, 5.41) is 1.18. The molecule has 0 bridgehead atoms. The molecule has 3 rings (SSSR count). The van der Waals surface area contributed by atoms with Gasteiger partial charge in [0.1, 0.15) is 5.52 Å². The summed E-state index contributed by atoms with van der Waals surface area (Å²) in [6.45, 7) is 1.96. The first kappa shape index (κ1) is 13.6. The highest BCUT2D eigenvalue weighted by molar-refractivity contribution is 6.42. The molecule has 3 nitrogen and oxygen atoms in total. The Morgan fingerprint density at radius 2 is 1.85 bits per heavy atom. The number of rotatable bonds is 1. The molecule has 0 unspecified atom stereocenters. The van der Waals surface area contributed by atoms with E-state index in [4.69, 9.17) is 45.0 Å². The third kappa shape index (κ3) is 2.12. The lowest BCUT2D eigenvalue weighted by molar-refractivity contribution is 0.620. The van der Waals surface area contributed by atoms with E-state index in [2.05, 4.69) is 4.98 Å². The SMILES string of the molecule is Cc1ccc(-c2nc3c(Cl)c(N)c(Cl)cc3o2)c(Cl)c1. The predicted octanol–water partition coefficient (Wildman–Crippen LogP) is 5.35. The predicted molar refractivity (Wildman–Crippen MR) is 83.6 cm³/mol. The highest BCUT2D eigenvalue weighted by atomic mass is 35.5. The van der Waals surface area contributed by atoms with E-state index < -0.39 is 0 Å². The minimum atomic E-state index is 0.283. The Kier molecular flexibility index (Phi) is 3.28. The normalized spacial score (nSPS) is 11.2.